The van der Waals surface area contributed by atoms with Gasteiger partial charge in [0.15, 0.2) is 5.82 Å². The van der Waals surface area contributed by atoms with Crippen LogP contribution in [0.15, 0.2) is 48.0 Å². The molecule has 1 aliphatic rings. The molecule has 0 amide bonds. The monoisotopic (exact) mass is 464 g/mol. The molecule has 0 radical (unpaired) electrons. The second-order valence-corrected chi connectivity index (χ2v) is 9.53. The first-order valence-corrected chi connectivity index (χ1v) is 12.8. The molecule has 1 aliphatic heterocycles. The molecule has 4 aromatic rings. The van der Waals surface area contributed by atoms with Crippen molar-refractivity contribution in [3.05, 3.63) is 53.7 Å². The van der Waals surface area contributed by atoms with Gasteiger partial charge in [-0.15, -0.1) is 11.3 Å². The van der Waals surface area contributed by atoms with Crippen molar-refractivity contribution in [2.24, 2.45) is 7.05 Å². The minimum absolute atomic E-state index is 0.298. The molecule has 1 N–H and O–H groups in total. The van der Waals surface area contributed by atoms with E-state index in [1.165, 1.54) is 22.3 Å². The summed E-state index contributed by atoms with van der Waals surface area (Å²) in [6.45, 7) is 5.63. The second kappa shape index (κ2) is 10.0. The molecule has 0 aliphatic carbocycles. The lowest BCUT2D eigenvalue weighted by Gasteiger charge is -2.17. The number of nitrogens with zero attached hydrogens (tertiary/aromatic N) is 3. The number of benzene rings is 1. The van der Waals surface area contributed by atoms with E-state index >= 15 is 0 Å². The van der Waals surface area contributed by atoms with Crippen LogP contribution in [0.1, 0.15) is 31.9 Å². The number of hydrogen-bond donors (Lipinski definition) is 1. The van der Waals surface area contributed by atoms with Crippen molar-refractivity contribution in [2.45, 2.75) is 45.3 Å². The van der Waals surface area contributed by atoms with Crippen LogP contribution < -0.4 is 14.8 Å². The molecule has 1 atom stereocenters. The Kier molecular flexibility index (Phi) is 6.69. The lowest BCUT2D eigenvalue weighted by molar-refractivity contribution is 0.187. The van der Waals surface area contributed by atoms with Crippen LogP contribution in [0, 0.1) is 0 Å². The van der Waals surface area contributed by atoms with E-state index in [1.54, 1.807) is 11.3 Å². The summed E-state index contributed by atoms with van der Waals surface area (Å²) in [5.74, 6) is 2.79. The lowest BCUT2D eigenvalue weighted by atomic mass is 10.1. The van der Waals surface area contributed by atoms with Gasteiger partial charge in [-0.2, -0.15) is 0 Å². The summed E-state index contributed by atoms with van der Waals surface area (Å²) in [6, 6.07) is 12.5. The van der Waals surface area contributed by atoms with Gasteiger partial charge in [-0.3, -0.25) is 0 Å². The average Bonchev–Trinajstić information content (AvgIpc) is 3.47. The highest BCUT2D eigenvalue weighted by Gasteiger charge is 2.17. The quantitative estimate of drug-likeness (QED) is 0.386. The van der Waals surface area contributed by atoms with E-state index in [1.807, 2.05) is 30.5 Å². The van der Waals surface area contributed by atoms with Gasteiger partial charge in [0.05, 0.1) is 28.6 Å². The zero-order valence-corrected chi connectivity index (χ0v) is 20.2. The van der Waals surface area contributed by atoms with Crippen molar-refractivity contribution < 1.29 is 9.47 Å². The predicted octanol–water partition coefficient (Wildman–Crippen LogP) is 5.27. The van der Waals surface area contributed by atoms with Gasteiger partial charge in [-0.25, -0.2) is 4.98 Å². The maximum Gasteiger partial charge on any atom is 0.157 e. The Bertz CT molecular complexity index is 1180. The van der Waals surface area contributed by atoms with Gasteiger partial charge in [0, 0.05) is 18.9 Å². The van der Waals surface area contributed by atoms with Crippen LogP contribution in [0.2, 0.25) is 0 Å². The van der Waals surface area contributed by atoms with Gasteiger partial charge in [-0.05, 0) is 80.6 Å². The van der Waals surface area contributed by atoms with E-state index in [4.69, 9.17) is 14.5 Å². The van der Waals surface area contributed by atoms with Gasteiger partial charge in [0.1, 0.15) is 18.1 Å². The molecule has 7 heteroatoms. The first-order valence-electron chi connectivity index (χ1n) is 11.9. The fourth-order valence-corrected chi connectivity index (χ4v) is 5.43. The van der Waals surface area contributed by atoms with Crippen molar-refractivity contribution in [3.8, 4) is 23.0 Å². The normalized spacial score (nSPS) is 16.7. The van der Waals surface area contributed by atoms with Crippen molar-refractivity contribution in [3.63, 3.8) is 0 Å². The standard InChI is InChI=1S/C26H32N4O2S/c1-3-19-18-28-26(24-17-25-23(29(24)2)11-16-33-25)30(19)14-15-31-20-6-8-22(9-7-20)32-21-5-4-12-27-13-10-21/h6-9,11,16-18,21,27H,3-5,10,12-15H2,1-2H3. The maximum absolute atomic E-state index is 6.17. The summed E-state index contributed by atoms with van der Waals surface area (Å²) in [7, 11) is 2.11. The minimum atomic E-state index is 0.298. The number of hydrogen-bond acceptors (Lipinski definition) is 5. The molecule has 1 aromatic carbocycles. The van der Waals surface area contributed by atoms with E-state index in [0.29, 0.717) is 12.7 Å². The lowest BCUT2D eigenvalue weighted by Crippen LogP contribution is -2.19. The van der Waals surface area contributed by atoms with E-state index in [0.717, 1.165) is 61.9 Å². The Morgan fingerprint density at radius 3 is 2.79 bits per heavy atom. The highest BCUT2D eigenvalue weighted by molar-refractivity contribution is 7.17. The molecule has 1 unspecified atom stereocenters. The molecule has 174 valence electrons. The highest BCUT2D eigenvalue weighted by Crippen LogP contribution is 2.30. The first kappa shape index (κ1) is 22.0. The molecule has 0 spiro atoms. The molecular formula is C26H32N4O2S. The third-order valence-corrected chi connectivity index (χ3v) is 7.28. The van der Waals surface area contributed by atoms with Crippen LogP contribution in [0.25, 0.3) is 21.7 Å². The van der Waals surface area contributed by atoms with Crippen LogP contribution in [0.5, 0.6) is 11.5 Å². The van der Waals surface area contributed by atoms with Gasteiger partial charge < -0.3 is 23.9 Å². The van der Waals surface area contributed by atoms with Crippen molar-refractivity contribution >= 4 is 21.6 Å². The fourth-order valence-electron chi connectivity index (χ4n) is 4.58. The van der Waals surface area contributed by atoms with E-state index in [-0.39, 0.29) is 0 Å². The molecular weight excluding hydrogens is 432 g/mol. The summed E-state index contributed by atoms with van der Waals surface area (Å²) in [5.41, 5.74) is 3.62. The van der Waals surface area contributed by atoms with Crippen molar-refractivity contribution in [2.75, 3.05) is 19.7 Å². The predicted molar refractivity (Wildman–Crippen MR) is 134 cm³/mol. The molecule has 5 rings (SSSR count). The highest BCUT2D eigenvalue weighted by atomic mass is 32.1. The van der Waals surface area contributed by atoms with Gasteiger partial charge in [-0.1, -0.05) is 6.92 Å². The summed E-state index contributed by atoms with van der Waals surface area (Å²) in [5, 5.41) is 5.57. The van der Waals surface area contributed by atoms with E-state index in [2.05, 4.69) is 45.9 Å². The molecule has 1 saturated heterocycles. The number of rotatable bonds is 8. The number of ether oxygens (including phenoxy) is 2. The summed E-state index contributed by atoms with van der Waals surface area (Å²) in [6.07, 6.45) is 6.57. The van der Waals surface area contributed by atoms with Crippen LogP contribution >= 0.6 is 11.3 Å². The number of fused-ring (bicyclic) bond motifs is 1. The number of thiophene rings is 1. The summed E-state index contributed by atoms with van der Waals surface area (Å²) in [4.78, 5) is 4.76. The van der Waals surface area contributed by atoms with E-state index in [9.17, 15) is 0 Å². The van der Waals surface area contributed by atoms with Crippen LogP contribution in [0.3, 0.4) is 0 Å². The molecule has 3 aromatic heterocycles. The maximum atomic E-state index is 6.17. The van der Waals surface area contributed by atoms with Gasteiger partial charge in [0.2, 0.25) is 0 Å². The molecule has 33 heavy (non-hydrogen) atoms. The Morgan fingerprint density at radius 1 is 1.12 bits per heavy atom. The fraction of sp³-hybridized carbons (Fsp3) is 0.423. The largest absolute Gasteiger partial charge is 0.492 e. The Balaban J connectivity index is 1.23. The molecule has 0 bridgehead atoms. The second-order valence-electron chi connectivity index (χ2n) is 8.58. The number of imidazole rings is 1. The van der Waals surface area contributed by atoms with E-state index < -0.39 is 0 Å². The van der Waals surface area contributed by atoms with Crippen molar-refractivity contribution in [1.29, 1.82) is 0 Å². The Labute approximate surface area is 199 Å². The first-order chi connectivity index (χ1) is 16.2. The third kappa shape index (κ3) is 4.80. The topological polar surface area (TPSA) is 53.2 Å². The molecule has 1 fully saturated rings. The average molecular weight is 465 g/mol. The van der Waals surface area contributed by atoms with Gasteiger partial charge in [0.25, 0.3) is 0 Å². The summed E-state index contributed by atoms with van der Waals surface area (Å²) < 4.78 is 18.1. The smallest absolute Gasteiger partial charge is 0.157 e. The molecule has 6 nitrogen and oxygen atoms in total. The number of nitrogens with one attached hydrogen (secondary N) is 1. The van der Waals surface area contributed by atoms with Crippen LogP contribution in [-0.4, -0.2) is 39.9 Å². The number of aryl methyl sites for hydroxylation is 2. The Hall–Kier alpha value is -2.77. The zero-order chi connectivity index (χ0) is 22.6. The van der Waals surface area contributed by atoms with Crippen LogP contribution in [0.4, 0.5) is 0 Å². The Morgan fingerprint density at radius 2 is 1.97 bits per heavy atom. The van der Waals surface area contributed by atoms with Gasteiger partial charge >= 0.3 is 0 Å². The molecule has 4 heterocycles. The van der Waals surface area contributed by atoms with Crippen LogP contribution in [-0.2, 0) is 20.0 Å². The summed E-state index contributed by atoms with van der Waals surface area (Å²) >= 11 is 1.77. The SMILES string of the molecule is CCc1cnc(-c2cc3sccc3n2C)n1CCOc1ccc(OC2CCCNCC2)cc1. The zero-order valence-electron chi connectivity index (χ0n) is 19.4. The third-order valence-electron chi connectivity index (χ3n) is 6.43. The molecule has 0 saturated carbocycles. The minimum Gasteiger partial charge on any atom is -0.492 e. The van der Waals surface area contributed by atoms with Crippen molar-refractivity contribution in [1.82, 2.24) is 19.4 Å². The number of aromatic nitrogens is 3.